The fourth-order valence-electron chi connectivity index (χ4n) is 2.61. The number of hydrogen-bond acceptors (Lipinski definition) is 2. The van der Waals surface area contributed by atoms with E-state index in [1.54, 1.807) is 6.07 Å². The van der Waals surface area contributed by atoms with Crippen LogP contribution in [0.3, 0.4) is 0 Å². The number of halogens is 1. The molecule has 3 N–H and O–H groups in total. The van der Waals surface area contributed by atoms with Crippen LogP contribution in [0, 0.1) is 5.82 Å². The molecule has 0 saturated heterocycles. The molecule has 0 aliphatic heterocycles. The van der Waals surface area contributed by atoms with Crippen LogP contribution < -0.4 is 10.6 Å². The molecule has 0 bridgehead atoms. The molecule has 0 aromatic heterocycles. The summed E-state index contributed by atoms with van der Waals surface area (Å²) in [6, 6.07) is 6.44. The smallest absolute Gasteiger partial charge is 0.191 e. The summed E-state index contributed by atoms with van der Waals surface area (Å²) in [5.74, 6) is 0.406. The van der Waals surface area contributed by atoms with E-state index in [0.29, 0.717) is 19.0 Å². The van der Waals surface area contributed by atoms with Crippen molar-refractivity contribution in [2.75, 3.05) is 13.1 Å². The zero-order valence-electron chi connectivity index (χ0n) is 12.5. The first kappa shape index (κ1) is 15.8. The average Bonchev–Trinajstić information content (AvgIpc) is 2.89. The third kappa shape index (κ3) is 5.01. The molecule has 21 heavy (non-hydrogen) atoms. The first-order valence-electron chi connectivity index (χ1n) is 7.60. The molecule has 0 amide bonds. The van der Waals surface area contributed by atoms with Gasteiger partial charge >= 0.3 is 0 Å². The van der Waals surface area contributed by atoms with Crippen LogP contribution in [0.15, 0.2) is 29.3 Å². The highest BCUT2D eigenvalue weighted by Crippen LogP contribution is 2.28. The second-order valence-electron chi connectivity index (χ2n) is 5.61. The zero-order valence-corrected chi connectivity index (χ0v) is 12.5. The quantitative estimate of drug-likeness (QED) is 0.576. The van der Waals surface area contributed by atoms with Crippen LogP contribution in [0.1, 0.15) is 38.2 Å². The first-order chi connectivity index (χ1) is 10.1. The molecule has 0 spiro atoms. The van der Waals surface area contributed by atoms with E-state index in [-0.39, 0.29) is 5.82 Å². The molecule has 1 aliphatic rings. The lowest BCUT2D eigenvalue weighted by Crippen LogP contribution is -2.46. The molecule has 0 unspecified atom stereocenters. The van der Waals surface area contributed by atoms with Gasteiger partial charge in [0.2, 0.25) is 0 Å². The van der Waals surface area contributed by atoms with Crippen molar-refractivity contribution in [2.45, 2.75) is 44.8 Å². The Bertz CT molecular complexity index is 484. The van der Waals surface area contributed by atoms with E-state index in [0.717, 1.165) is 37.8 Å². The van der Waals surface area contributed by atoms with Gasteiger partial charge in [0.05, 0.1) is 12.1 Å². The van der Waals surface area contributed by atoms with E-state index in [9.17, 15) is 9.50 Å². The molecule has 5 heteroatoms. The molecule has 1 aliphatic carbocycles. The Labute approximate surface area is 125 Å². The second kappa shape index (κ2) is 7.41. The second-order valence-corrected chi connectivity index (χ2v) is 5.61. The normalized spacial score (nSPS) is 17.8. The lowest BCUT2D eigenvalue weighted by molar-refractivity contribution is 0.0522. The van der Waals surface area contributed by atoms with Crippen LogP contribution in [0.5, 0.6) is 0 Å². The molecular weight excluding hydrogens is 269 g/mol. The largest absolute Gasteiger partial charge is 0.388 e. The Balaban J connectivity index is 1.92. The van der Waals surface area contributed by atoms with E-state index in [1.165, 1.54) is 12.1 Å². The average molecular weight is 293 g/mol. The highest BCUT2D eigenvalue weighted by atomic mass is 19.1. The number of aliphatic imine (C=N–C) groups is 1. The van der Waals surface area contributed by atoms with Gasteiger partial charge < -0.3 is 15.7 Å². The number of aliphatic hydroxyl groups is 1. The van der Waals surface area contributed by atoms with Crippen LogP contribution in [0.25, 0.3) is 0 Å². The topological polar surface area (TPSA) is 56.7 Å². The van der Waals surface area contributed by atoms with Gasteiger partial charge in [0.15, 0.2) is 5.96 Å². The van der Waals surface area contributed by atoms with Gasteiger partial charge in [0, 0.05) is 13.1 Å². The van der Waals surface area contributed by atoms with Gasteiger partial charge in [0.1, 0.15) is 5.82 Å². The summed E-state index contributed by atoms with van der Waals surface area (Å²) < 4.78 is 13.1. The van der Waals surface area contributed by atoms with Gasteiger partial charge in [-0.15, -0.1) is 0 Å². The number of benzene rings is 1. The summed E-state index contributed by atoms with van der Waals surface area (Å²) in [6.45, 7) is 3.64. The van der Waals surface area contributed by atoms with Crippen molar-refractivity contribution in [3.63, 3.8) is 0 Å². The zero-order chi connectivity index (χ0) is 15.1. The molecule has 1 fully saturated rings. The number of guanidine groups is 1. The first-order valence-corrected chi connectivity index (χ1v) is 7.60. The van der Waals surface area contributed by atoms with Crippen LogP contribution in [0.2, 0.25) is 0 Å². The predicted molar refractivity (Wildman–Crippen MR) is 82.6 cm³/mol. The Morgan fingerprint density at radius 1 is 1.33 bits per heavy atom. The van der Waals surface area contributed by atoms with Crippen molar-refractivity contribution < 1.29 is 9.50 Å². The molecule has 1 aromatic carbocycles. The molecule has 4 nitrogen and oxygen atoms in total. The highest BCUT2D eigenvalue weighted by Gasteiger charge is 2.30. The highest BCUT2D eigenvalue weighted by molar-refractivity contribution is 5.79. The standard InChI is InChI=1S/C16H24FN3O/c1-2-18-15(20-12-16(21)8-3-4-9-16)19-11-13-6-5-7-14(17)10-13/h5-7,10,21H,2-4,8-9,11-12H2,1H3,(H2,18,19,20). The maximum atomic E-state index is 13.1. The molecular formula is C16H24FN3O. The molecule has 1 aromatic rings. The van der Waals surface area contributed by atoms with Crippen LogP contribution in [-0.2, 0) is 6.54 Å². The Morgan fingerprint density at radius 2 is 2.10 bits per heavy atom. The molecule has 0 heterocycles. The molecule has 116 valence electrons. The van der Waals surface area contributed by atoms with Gasteiger partial charge in [-0.05, 0) is 37.5 Å². The maximum Gasteiger partial charge on any atom is 0.191 e. The van der Waals surface area contributed by atoms with Crippen LogP contribution in [0.4, 0.5) is 4.39 Å². The minimum absolute atomic E-state index is 0.249. The SMILES string of the molecule is CCNC(=NCc1cccc(F)c1)NCC1(O)CCCC1. The van der Waals surface area contributed by atoms with Gasteiger partial charge in [-0.1, -0.05) is 25.0 Å². The van der Waals surface area contributed by atoms with E-state index >= 15 is 0 Å². The minimum Gasteiger partial charge on any atom is -0.388 e. The summed E-state index contributed by atoms with van der Waals surface area (Å²) in [4.78, 5) is 4.43. The third-order valence-electron chi connectivity index (χ3n) is 3.77. The van der Waals surface area contributed by atoms with E-state index < -0.39 is 5.60 Å². The van der Waals surface area contributed by atoms with Crippen molar-refractivity contribution in [3.8, 4) is 0 Å². The minimum atomic E-state index is -0.616. The summed E-state index contributed by atoms with van der Waals surface area (Å²) in [7, 11) is 0. The summed E-state index contributed by atoms with van der Waals surface area (Å²) in [6.07, 6.45) is 3.83. The van der Waals surface area contributed by atoms with E-state index in [4.69, 9.17) is 0 Å². The Morgan fingerprint density at radius 3 is 2.76 bits per heavy atom. The lowest BCUT2D eigenvalue weighted by atomic mass is 10.0. The van der Waals surface area contributed by atoms with Gasteiger partial charge in [-0.3, -0.25) is 0 Å². The molecule has 0 atom stereocenters. The third-order valence-corrected chi connectivity index (χ3v) is 3.77. The maximum absolute atomic E-state index is 13.1. The van der Waals surface area contributed by atoms with Crippen LogP contribution in [-0.4, -0.2) is 29.8 Å². The Hall–Kier alpha value is -1.62. The van der Waals surface area contributed by atoms with Crippen molar-refractivity contribution in [3.05, 3.63) is 35.6 Å². The summed E-state index contributed by atoms with van der Waals surface area (Å²) in [5.41, 5.74) is 0.210. The number of rotatable bonds is 5. The number of nitrogens with zero attached hydrogens (tertiary/aromatic N) is 1. The molecule has 0 radical (unpaired) electrons. The number of hydrogen-bond donors (Lipinski definition) is 3. The monoisotopic (exact) mass is 293 g/mol. The van der Waals surface area contributed by atoms with Crippen molar-refractivity contribution in [2.24, 2.45) is 4.99 Å². The molecule has 2 rings (SSSR count). The van der Waals surface area contributed by atoms with Crippen molar-refractivity contribution >= 4 is 5.96 Å². The van der Waals surface area contributed by atoms with Crippen LogP contribution >= 0.6 is 0 Å². The van der Waals surface area contributed by atoms with Gasteiger partial charge in [-0.2, -0.15) is 0 Å². The van der Waals surface area contributed by atoms with Crippen molar-refractivity contribution in [1.82, 2.24) is 10.6 Å². The predicted octanol–water partition coefficient (Wildman–Crippen LogP) is 2.19. The summed E-state index contributed by atoms with van der Waals surface area (Å²) >= 11 is 0. The fourth-order valence-corrected chi connectivity index (χ4v) is 2.61. The lowest BCUT2D eigenvalue weighted by Gasteiger charge is -2.23. The number of nitrogens with one attached hydrogen (secondary N) is 2. The van der Waals surface area contributed by atoms with E-state index in [1.807, 2.05) is 13.0 Å². The summed E-state index contributed by atoms with van der Waals surface area (Å²) in [5, 5.41) is 16.7. The van der Waals surface area contributed by atoms with Crippen molar-refractivity contribution in [1.29, 1.82) is 0 Å². The van der Waals surface area contributed by atoms with Gasteiger partial charge in [0.25, 0.3) is 0 Å². The van der Waals surface area contributed by atoms with Gasteiger partial charge in [-0.25, -0.2) is 9.38 Å². The van der Waals surface area contributed by atoms with E-state index in [2.05, 4.69) is 15.6 Å². The Kier molecular flexibility index (Phi) is 5.56. The fraction of sp³-hybridized carbons (Fsp3) is 0.562. The molecule has 1 saturated carbocycles.